The Kier molecular flexibility index (Phi) is 4.63. The molecule has 0 aromatic heterocycles. The van der Waals surface area contributed by atoms with E-state index in [4.69, 9.17) is 10.5 Å². The van der Waals surface area contributed by atoms with Crippen LogP contribution in [-0.2, 0) is 6.61 Å². The molecule has 5 rings (SSSR count). The molecule has 3 aromatic rings. The van der Waals surface area contributed by atoms with Crippen LogP contribution in [0, 0.1) is 0 Å². The van der Waals surface area contributed by atoms with Crippen molar-refractivity contribution >= 4 is 0 Å². The lowest BCUT2D eigenvalue weighted by atomic mass is 10.1. The first-order valence-corrected chi connectivity index (χ1v) is 10.1. The molecule has 142 valence electrons. The van der Waals surface area contributed by atoms with Gasteiger partial charge in [-0.25, -0.2) is 0 Å². The Morgan fingerprint density at radius 2 is 1.54 bits per heavy atom. The Labute approximate surface area is 166 Å². The zero-order chi connectivity index (χ0) is 18.9. The highest BCUT2D eigenvalue weighted by molar-refractivity contribution is 5.39. The molecule has 0 bridgehead atoms. The van der Waals surface area contributed by atoms with Crippen molar-refractivity contribution in [2.24, 2.45) is 5.73 Å². The summed E-state index contributed by atoms with van der Waals surface area (Å²) in [5.74, 6) is 1.51. The van der Waals surface area contributed by atoms with E-state index in [0.717, 1.165) is 12.2 Å². The van der Waals surface area contributed by atoms with Gasteiger partial charge in [-0.05, 0) is 47.2 Å². The van der Waals surface area contributed by atoms with E-state index < -0.39 is 0 Å². The molecule has 3 N–H and O–H groups in total. The highest BCUT2D eigenvalue weighted by atomic mass is 16.5. The monoisotopic (exact) mass is 370 g/mol. The van der Waals surface area contributed by atoms with Crippen molar-refractivity contribution in [2.75, 3.05) is 0 Å². The van der Waals surface area contributed by atoms with Crippen LogP contribution in [0.15, 0.2) is 78.9 Å². The Morgan fingerprint density at radius 3 is 2.32 bits per heavy atom. The topological polar surface area (TPSA) is 47.3 Å². The van der Waals surface area contributed by atoms with E-state index >= 15 is 0 Å². The third-order valence-electron chi connectivity index (χ3n) is 6.02. The van der Waals surface area contributed by atoms with Crippen molar-refractivity contribution in [1.82, 2.24) is 5.32 Å². The predicted octanol–water partition coefficient (Wildman–Crippen LogP) is 4.86. The number of benzene rings is 3. The van der Waals surface area contributed by atoms with Gasteiger partial charge in [0.05, 0.1) is 0 Å². The van der Waals surface area contributed by atoms with E-state index in [1.165, 1.54) is 28.7 Å². The fraction of sp³-hybridized carbons (Fsp3) is 0.280. The molecule has 2 aliphatic carbocycles. The van der Waals surface area contributed by atoms with Gasteiger partial charge >= 0.3 is 0 Å². The first-order valence-electron chi connectivity index (χ1n) is 10.1. The number of rotatable bonds is 6. The van der Waals surface area contributed by atoms with Crippen LogP contribution in [0.25, 0.3) is 0 Å². The zero-order valence-electron chi connectivity index (χ0n) is 15.9. The zero-order valence-corrected chi connectivity index (χ0v) is 15.9. The third kappa shape index (κ3) is 3.56. The molecule has 0 heterocycles. The van der Waals surface area contributed by atoms with Gasteiger partial charge < -0.3 is 15.8 Å². The predicted molar refractivity (Wildman–Crippen MR) is 112 cm³/mol. The molecule has 4 atom stereocenters. The summed E-state index contributed by atoms with van der Waals surface area (Å²) in [5, 5.41) is 3.84. The normalized spacial score (nSPS) is 25.3. The van der Waals surface area contributed by atoms with Crippen molar-refractivity contribution in [3.8, 4) is 5.75 Å². The van der Waals surface area contributed by atoms with Gasteiger partial charge in [0, 0.05) is 24.0 Å². The van der Waals surface area contributed by atoms with Gasteiger partial charge in [-0.3, -0.25) is 0 Å². The average Bonchev–Trinajstić information content (AvgIpc) is 3.44. The van der Waals surface area contributed by atoms with E-state index in [9.17, 15) is 0 Å². The fourth-order valence-electron chi connectivity index (χ4n) is 4.39. The second-order valence-electron chi connectivity index (χ2n) is 7.98. The van der Waals surface area contributed by atoms with Gasteiger partial charge in [0.1, 0.15) is 12.4 Å². The maximum atomic E-state index is 6.31. The van der Waals surface area contributed by atoms with Gasteiger partial charge in [-0.2, -0.15) is 0 Å². The molecule has 0 saturated heterocycles. The largest absolute Gasteiger partial charge is 0.489 e. The summed E-state index contributed by atoms with van der Waals surface area (Å²) in [5.41, 5.74) is 11.6. The van der Waals surface area contributed by atoms with Crippen LogP contribution in [0.3, 0.4) is 0 Å². The first kappa shape index (κ1) is 17.5. The molecule has 28 heavy (non-hydrogen) atoms. The minimum absolute atomic E-state index is 0.159. The van der Waals surface area contributed by atoms with Crippen molar-refractivity contribution in [2.45, 2.75) is 43.5 Å². The minimum Gasteiger partial charge on any atom is -0.489 e. The van der Waals surface area contributed by atoms with Crippen molar-refractivity contribution in [3.63, 3.8) is 0 Å². The Balaban J connectivity index is 1.17. The Bertz CT molecular complexity index is 938. The number of fused-ring (bicyclic) bond motifs is 1. The van der Waals surface area contributed by atoms with E-state index in [1.807, 2.05) is 18.2 Å². The summed E-state index contributed by atoms with van der Waals surface area (Å²) in [6.07, 6.45) is 2.19. The quantitative estimate of drug-likeness (QED) is 0.652. The second kappa shape index (κ2) is 7.42. The highest BCUT2D eigenvalue weighted by Crippen LogP contribution is 2.45. The van der Waals surface area contributed by atoms with Gasteiger partial charge in [0.15, 0.2) is 0 Å². The third-order valence-corrected chi connectivity index (χ3v) is 6.02. The second-order valence-corrected chi connectivity index (χ2v) is 7.98. The number of hydrogen-bond donors (Lipinski definition) is 2. The lowest BCUT2D eigenvalue weighted by Crippen LogP contribution is -2.23. The maximum Gasteiger partial charge on any atom is 0.119 e. The molecule has 0 amide bonds. The Morgan fingerprint density at radius 1 is 0.821 bits per heavy atom. The van der Waals surface area contributed by atoms with E-state index in [2.05, 4.69) is 66.0 Å². The summed E-state index contributed by atoms with van der Waals surface area (Å²) in [4.78, 5) is 0. The molecular weight excluding hydrogens is 344 g/mol. The molecule has 2 aliphatic rings. The summed E-state index contributed by atoms with van der Waals surface area (Å²) < 4.78 is 5.90. The number of hydrogen-bond acceptors (Lipinski definition) is 3. The SMILES string of the molecule is NC1CC(NC2CC2c2ccc(OCc3ccccc3)cc2)c2ccccc21. The van der Waals surface area contributed by atoms with E-state index in [-0.39, 0.29) is 6.04 Å². The molecule has 4 unspecified atom stereocenters. The smallest absolute Gasteiger partial charge is 0.119 e. The molecule has 0 aliphatic heterocycles. The number of nitrogens with one attached hydrogen (secondary N) is 1. The molecule has 3 aromatic carbocycles. The fourth-order valence-corrected chi connectivity index (χ4v) is 4.39. The number of nitrogens with two attached hydrogens (primary N) is 1. The van der Waals surface area contributed by atoms with Gasteiger partial charge in [0.2, 0.25) is 0 Å². The van der Waals surface area contributed by atoms with Crippen molar-refractivity contribution in [3.05, 3.63) is 101 Å². The van der Waals surface area contributed by atoms with Crippen molar-refractivity contribution in [1.29, 1.82) is 0 Å². The standard InChI is InChI=1S/C25H26N2O/c26-23-15-25(21-9-5-4-8-20(21)23)27-24-14-22(24)18-10-12-19(13-11-18)28-16-17-6-2-1-3-7-17/h1-13,22-25,27H,14-16,26H2. The molecule has 0 radical (unpaired) electrons. The van der Waals surface area contributed by atoms with Crippen LogP contribution >= 0.6 is 0 Å². The summed E-state index contributed by atoms with van der Waals surface area (Å²) >= 11 is 0. The molecular formula is C25H26N2O. The highest BCUT2D eigenvalue weighted by Gasteiger charge is 2.41. The molecule has 1 saturated carbocycles. The van der Waals surface area contributed by atoms with Crippen LogP contribution in [0.4, 0.5) is 0 Å². The van der Waals surface area contributed by atoms with Crippen LogP contribution in [0.5, 0.6) is 5.75 Å². The Hall–Kier alpha value is -2.62. The van der Waals surface area contributed by atoms with Crippen LogP contribution in [0.2, 0.25) is 0 Å². The summed E-state index contributed by atoms with van der Waals surface area (Å²) in [6, 6.07) is 28.5. The molecule has 1 fully saturated rings. The minimum atomic E-state index is 0.159. The summed E-state index contributed by atoms with van der Waals surface area (Å²) in [7, 11) is 0. The van der Waals surface area contributed by atoms with Gasteiger partial charge in [-0.15, -0.1) is 0 Å². The molecule has 3 heteroatoms. The van der Waals surface area contributed by atoms with Crippen LogP contribution < -0.4 is 15.8 Å². The molecule has 3 nitrogen and oxygen atoms in total. The van der Waals surface area contributed by atoms with Crippen molar-refractivity contribution < 1.29 is 4.74 Å². The van der Waals surface area contributed by atoms with E-state index in [0.29, 0.717) is 24.6 Å². The average molecular weight is 370 g/mol. The first-order chi connectivity index (χ1) is 13.8. The van der Waals surface area contributed by atoms with E-state index in [1.54, 1.807) is 0 Å². The molecule has 0 spiro atoms. The van der Waals surface area contributed by atoms with Gasteiger partial charge in [-0.1, -0.05) is 66.7 Å². The lowest BCUT2D eigenvalue weighted by Gasteiger charge is -2.14. The summed E-state index contributed by atoms with van der Waals surface area (Å²) in [6.45, 7) is 0.606. The lowest BCUT2D eigenvalue weighted by molar-refractivity contribution is 0.306. The maximum absolute atomic E-state index is 6.31. The van der Waals surface area contributed by atoms with Crippen LogP contribution in [0.1, 0.15) is 53.1 Å². The van der Waals surface area contributed by atoms with Gasteiger partial charge in [0.25, 0.3) is 0 Å². The number of ether oxygens (including phenoxy) is 1. The van der Waals surface area contributed by atoms with Crippen LogP contribution in [-0.4, -0.2) is 6.04 Å².